The van der Waals surface area contributed by atoms with Gasteiger partial charge in [0.15, 0.2) is 0 Å². The van der Waals surface area contributed by atoms with Crippen LogP contribution in [0.4, 0.5) is 5.69 Å². The lowest BCUT2D eigenvalue weighted by Crippen LogP contribution is -2.52. The molecule has 2 aliphatic heterocycles. The van der Waals surface area contributed by atoms with Crippen molar-refractivity contribution in [3.05, 3.63) is 94.0 Å². The van der Waals surface area contributed by atoms with Crippen LogP contribution in [0, 0.1) is 20.8 Å². The number of nitrogen functional groups attached to an aromatic ring is 1. The summed E-state index contributed by atoms with van der Waals surface area (Å²) in [6.07, 6.45) is 1.95. The zero-order valence-electron chi connectivity index (χ0n) is 24.7. The van der Waals surface area contributed by atoms with Crippen molar-refractivity contribution in [3.63, 3.8) is 0 Å². The fourth-order valence-electron chi connectivity index (χ4n) is 6.08. The molecule has 0 spiro atoms. The third kappa shape index (κ3) is 8.10. The van der Waals surface area contributed by atoms with Crippen LogP contribution in [0.25, 0.3) is 0 Å². The second-order valence-corrected chi connectivity index (χ2v) is 11.4. The van der Waals surface area contributed by atoms with Gasteiger partial charge in [0, 0.05) is 63.5 Å². The van der Waals surface area contributed by atoms with Crippen molar-refractivity contribution >= 4 is 42.9 Å². The molecule has 41 heavy (non-hydrogen) atoms. The first-order valence-corrected chi connectivity index (χ1v) is 14.1. The van der Waals surface area contributed by atoms with Crippen LogP contribution < -0.4 is 10.5 Å². The Hall–Kier alpha value is -1.99. The largest absolute Gasteiger partial charge is 0.485 e. The van der Waals surface area contributed by atoms with E-state index in [1.807, 2.05) is 0 Å². The summed E-state index contributed by atoms with van der Waals surface area (Å²) in [6, 6.07) is 21.1. The summed E-state index contributed by atoms with van der Waals surface area (Å²) < 4.78 is 13.1. The number of halogens is 3. The molecular formula is C33H46Cl3N3O2. The van der Waals surface area contributed by atoms with Gasteiger partial charge >= 0.3 is 0 Å². The zero-order valence-corrected chi connectivity index (χ0v) is 27.2. The number of rotatable bonds is 9. The van der Waals surface area contributed by atoms with E-state index in [2.05, 4.69) is 98.2 Å². The van der Waals surface area contributed by atoms with Crippen molar-refractivity contribution in [2.45, 2.75) is 52.2 Å². The lowest BCUT2D eigenvalue weighted by atomic mass is 9.91. The van der Waals surface area contributed by atoms with Gasteiger partial charge in [0.1, 0.15) is 17.5 Å². The van der Waals surface area contributed by atoms with Crippen molar-refractivity contribution in [2.24, 2.45) is 0 Å². The Kier molecular flexibility index (Phi) is 13.3. The van der Waals surface area contributed by atoms with E-state index in [4.69, 9.17) is 15.2 Å². The Bertz CT molecular complexity index is 1160. The van der Waals surface area contributed by atoms with Crippen LogP contribution >= 0.6 is 37.2 Å². The number of fused-ring (bicyclic) bond motifs is 1. The van der Waals surface area contributed by atoms with Gasteiger partial charge in [-0.05, 0) is 61.9 Å². The molecule has 0 saturated carbocycles. The molecule has 0 amide bonds. The minimum Gasteiger partial charge on any atom is -0.485 e. The van der Waals surface area contributed by atoms with Crippen LogP contribution in [-0.2, 0) is 11.2 Å². The second-order valence-electron chi connectivity index (χ2n) is 11.4. The molecule has 2 heterocycles. The van der Waals surface area contributed by atoms with Gasteiger partial charge in [0.2, 0.25) is 0 Å². The summed E-state index contributed by atoms with van der Waals surface area (Å²) in [7, 11) is 0. The second kappa shape index (κ2) is 15.5. The molecule has 1 unspecified atom stereocenters. The average molecular weight is 623 g/mol. The highest BCUT2D eigenvalue weighted by Gasteiger charge is 2.39. The van der Waals surface area contributed by atoms with Crippen molar-refractivity contribution in [1.29, 1.82) is 0 Å². The molecule has 5 nitrogen and oxygen atoms in total. The SMILES string of the molecule is Cc1c(C)c2c(c(C)c1N)CC(C)(CN1CCN(CCCOC(c3ccccc3)c3ccccc3)CC1)O2.Cl.Cl.Cl. The van der Waals surface area contributed by atoms with Crippen LogP contribution in [-0.4, -0.2) is 61.3 Å². The predicted octanol–water partition coefficient (Wildman–Crippen LogP) is 6.97. The smallest absolute Gasteiger partial charge is 0.127 e. The Balaban J connectivity index is 0.00000196. The molecule has 2 N–H and O–H groups in total. The Morgan fingerprint density at radius 3 is 1.90 bits per heavy atom. The van der Waals surface area contributed by atoms with Crippen molar-refractivity contribution < 1.29 is 9.47 Å². The molecule has 1 fully saturated rings. The summed E-state index contributed by atoms with van der Waals surface area (Å²) in [4.78, 5) is 5.14. The Morgan fingerprint density at radius 2 is 1.34 bits per heavy atom. The average Bonchev–Trinajstić information content (AvgIpc) is 3.30. The molecule has 1 saturated heterocycles. The zero-order chi connectivity index (χ0) is 26.7. The third-order valence-corrected chi connectivity index (χ3v) is 8.47. The van der Waals surface area contributed by atoms with Crippen molar-refractivity contribution in [3.8, 4) is 5.75 Å². The highest BCUT2D eigenvalue weighted by atomic mass is 35.5. The summed E-state index contributed by atoms with van der Waals surface area (Å²) in [5.41, 5.74) is 14.4. The van der Waals surface area contributed by atoms with Gasteiger partial charge < -0.3 is 20.1 Å². The molecule has 226 valence electrons. The van der Waals surface area contributed by atoms with Gasteiger partial charge in [0.05, 0.1) is 0 Å². The topological polar surface area (TPSA) is 51.0 Å². The molecule has 5 rings (SSSR count). The lowest BCUT2D eigenvalue weighted by molar-refractivity contribution is 0.0325. The normalized spacial score (nSPS) is 18.6. The molecule has 0 radical (unpaired) electrons. The summed E-state index contributed by atoms with van der Waals surface area (Å²) in [5.74, 6) is 1.07. The number of hydrogen-bond acceptors (Lipinski definition) is 5. The van der Waals surface area contributed by atoms with E-state index in [1.165, 1.54) is 27.8 Å². The highest BCUT2D eigenvalue weighted by Crippen LogP contribution is 2.44. The van der Waals surface area contributed by atoms with E-state index < -0.39 is 0 Å². The number of nitrogens with two attached hydrogens (primary N) is 1. The maximum absolute atomic E-state index is 6.62. The number of anilines is 1. The Labute approximate surface area is 265 Å². The molecular weight excluding hydrogens is 577 g/mol. The first-order chi connectivity index (χ1) is 18.3. The summed E-state index contributed by atoms with van der Waals surface area (Å²) in [5, 5.41) is 0. The van der Waals surface area contributed by atoms with Crippen LogP contribution in [0.2, 0.25) is 0 Å². The van der Waals surface area contributed by atoms with Crippen LogP contribution in [0.5, 0.6) is 5.75 Å². The highest BCUT2D eigenvalue weighted by molar-refractivity contribution is 5.86. The van der Waals surface area contributed by atoms with Crippen LogP contribution in [0.1, 0.15) is 52.8 Å². The molecule has 0 aliphatic carbocycles. The number of piperazine rings is 1. The molecule has 0 aromatic heterocycles. The third-order valence-electron chi connectivity index (χ3n) is 8.47. The number of ether oxygens (including phenoxy) is 2. The van der Waals surface area contributed by atoms with E-state index >= 15 is 0 Å². The minimum atomic E-state index is -0.196. The Morgan fingerprint density at radius 1 is 0.805 bits per heavy atom. The van der Waals surface area contributed by atoms with E-state index in [-0.39, 0.29) is 48.9 Å². The van der Waals surface area contributed by atoms with E-state index in [0.717, 1.165) is 75.7 Å². The molecule has 8 heteroatoms. The van der Waals surface area contributed by atoms with Crippen molar-refractivity contribution in [1.82, 2.24) is 9.80 Å². The number of benzene rings is 3. The number of hydrogen-bond donors (Lipinski definition) is 1. The van der Waals surface area contributed by atoms with Gasteiger partial charge in [-0.3, -0.25) is 4.90 Å². The first kappa shape index (κ1) is 35.2. The maximum atomic E-state index is 6.62. The summed E-state index contributed by atoms with van der Waals surface area (Å²) in [6.45, 7) is 15.7. The lowest BCUT2D eigenvalue weighted by Gasteiger charge is -2.38. The van der Waals surface area contributed by atoms with Gasteiger partial charge in [-0.15, -0.1) is 37.2 Å². The molecule has 2 aliphatic rings. The van der Waals surface area contributed by atoms with Gasteiger partial charge in [-0.1, -0.05) is 60.7 Å². The van der Waals surface area contributed by atoms with Crippen molar-refractivity contribution in [2.75, 3.05) is 51.6 Å². The molecule has 1 atom stereocenters. The predicted molar refractivity (Wildman–Crippen MR) is 178 cm³/mol. The van der Waals surface area contributed by atoms with Gasteiger partial charge in [0.25, 0.3) is 0 Å². The summed E-state index contributed by atoms with van der Waals surface area (Å²) >= 11 is 0. The van der Waals surface area contributed by atoms with Gasteiger partial charge in [-0.2, -0.15) is 0 Å². The van der Waals surface area contributed by atoms with E-state index in [0.29, 0.717) is 0 Å². The molecule has 3 aromatic rings. The van der Waals surface area contributed by atoms with Crippen LogP contribution in [0.15, 0.2) is 60.7 Å². The fraction of sp³-hybridized carbons (Fsp3) is 0.455. The number of nitrogens with zero attached hydrogens (tertiary/aromatic N) is 2. The molecule has 0 bridgehead atoms. The standard InChI is InChI=1S/C33H43N3O2.3ClH/c1-24-25(2)31-29(26(3)30(24)34)22-33(4,38-31)23-36-19-17-35(18-20-36)16-11-21-37-32(27-12-7-5-8-13-27)28-14-9-6-10-15-28;;;/h5-10,12-15,32H,11,16-23,34H2,1-4H3;3*1H. The van der Waals surface area contributed by atoms with Gasteiger partial charge in [-0.25, -0.2) is 0 Å². The maximum Gasteiger partial charge on any atom is 0.127 e. The fourth-order valence-corrected chi connectivity index (χ4v) is 6.08. The van der Waals surface area contributed by atoms with E-state index in [9.17, 15) is 0 Å². The van der Waals surface area contributed by atoms with E-state index in [1.54, 1.807) is 0 Å². The monoisotopic (exact) mass is 621 g/mol. The van der Waals surface area contributed by atoms with Crippen LogP contribution in [0.3, 0.4) is 0 Å². The molecule has 3 aromatic carbocycles. The quantitative estimate of drug-likeness (QED) is 0.206. The minimum absolute atomic E-state index is 0. The first-order valence-electron chi connectivity index (χ1n) is 14.1.